The number of nitrogens with one attached hydrogen (secondary N) is 1. The molecule has 9 heteroatoms. The summed E-state index contributed by atoms with van der Waals surface area (Å²) in [5.41, 5.74) is -0.926. The lowest BCUT2D eigenvalue weighted by molar-refractivity contribution is -0.760. The van der Waals surface area contributed by atoms with Crippen LogP contribution in [0.5, 0.6) is 5.75 Å². The molecule has 2 rings (SSSR count). The zero-order valence-corrected chi connectivity index (χ0v) is 21.8. The lowest BCUT2D eigenvalue weighted by atomic mass is 9.75. The third-order valence-electron chi connectivity index (χ3n) is 5.39. The molecule has 0 aromatic heterocycles. The van der Waals surface area contributed by atoms with Crippen molar-refractivity contribution in [1.29, 1.82) is 0 Å². The standard InChI is InChI=1S/C26H33ClN2O6/c1-24(2,15-25(3,4)17-34-29(32)33)16-28-23(31)26(5,6)35-21-13-9-19(10-14-21)22(30)18-7-11-20(27)12-8-18/h7-14H,15-17H2,1-6H3,(H,28,31). The van der Waals surface area contributed by atoms with Crippen LogP contribution in [0.2, 0.25) is 5.02 Å². The number of carbonyl (C=O) groups excluding carboxylic acids is 2. The average Bonchev–Trinajstić information content (AvgIpc) is 2.76. The van der Waals surface area contributed by atoms with Gasteiger partial charge < -0.3 is 14.9 Å². The lowest BCUT2D eigenvalue weighted by Gasteiger charge is -2.35. The quantitative estimate of drug-likeness (QED) is 0.232. The summed E-state index contributed by atoms with van der Waals surface area (Å²) >= 11 is 5.88. The van der Waals surface area contributed by atoms with Gasteiger partial charge >= 0.3 is 0 Å². The van der Waals surface area contributed by atoms with Gasteiger partial charge in [-0.05, 0) is 79.6 Å². The topological polar surface area (TPSA) is 108 Å². The van der Waals surface area contributed by atoms with Crippen LogP contribution in [0.1, 0.15) is 63.9 Å². The molecule has 0 spiro atoms. The fourth-order valence-electron chi connectivity index (χ4n) is 3.95. The predicted octanol–water partition coefficient (Wildman–Crippen LogP) is 5.50. The van der Waals surface area contributed by atoms with Gasteiger partial charge in [0.2, 0.25) is 0 Å². The van der Waals surface area contributed by atoms with Crippen molar-refractivity contribution in [3.63, 3.8) is 0 Å². The van der Waals surface area contributed by atoms with Crippen molar-refractivity contribution >= 4 is 23.3 Å². The minimum Gasteiger partial charge on any atom is -0.478 e. The largest absolute Gasteiger partial charge is 0.478 e. The Labute approximate surface area is 211 Å². The van der Waals surface area contributed by atoms with Crippen LogP contribution in [0.25, 0.3) is 0 Å². The second-order valence-electron chi connectivity index (χ2n) is 10.7. The summed E-state index contributed by atoms with van der Waals surface area (Å²) in [7, 11) is 0. The van der Waals surface area contributed by atoms with E-state index >= 15 is 0 Å². The van der Waals surface area contributed by atoms with Gasteiger partial charge in [0.1, 0.15) is 12.4 Å². The molecule has 8 nitrogen and oxygen atoms in total. The Kier molecular flexibility index (Phi) is 8.89. The maximum Gasteiger partial charge on any atom is 0.294 e. The number of rotatable bonds is 12. The summed E-state index contributed by atoms with van der Waals surface area (Å²) in [5, 5.41) is 13.2. The van der Waals surface area contributed by atoms with Crippen LogP contribution >= 0.6 is 11.6 Å². The zero-order chi connectivity index (χ0) is 26.4. The molecule has 0 fully saturated rings. The number of carbonyl (C=O) groups is 2. The van der Waals surface area contributed by atoms with Gasteiger partial charge in [0.05, 0.1) is 0 Å². The van der Waals surface area contributed by atoms with E-state index in [0.717, 1.165) is 0 Å². The number of benzene rings is 2. The first kappa shape index (κ1) is 28.1. The summed E-state index contributed by atoms with van der Waals surface area (Å²) in [5.74, 6) is 0.0142. The summed E-state index contributed by atoms with van der Waals surface area (Å²) in [6.45, 7) is 11.4. The Morgan fingerprint density at radius 2 is 1.43 bits per heavy atom. The van der Waals surface area contributed by atoms with E-state index in [1.54, 1.807) is 62.4 Å². The third kappa shape index (κ3) is 8.87. The highest BCUT2D eigenvalue weighted by atomic mass is 35.5. The van der Waals surface area contributed by atoms with E-state index in [4.69, 9.17) is 16.3 Å². The smallest absolute Gasteiger partial charge is 0.294 e. The van der Waals surface area contributed by atoms with Gasteiger partial charge in [0.25, 0.3) is 11.0 Å². The molecule has 1 N–H and O–H groups in total. The molecule has 0 unspecified atom stereocenters. The lowest BCUT2D eigenvalue weighted by Crippen LogP contribution is -2.49. The molecule has 1 amide bonds. The van der Waals surface area contributed by atoms with E-state index in [9.17, 15) is 19.7 Å². The van der Waals surface area contributed by atoms with Crippen molar-refractivity contribution < 1.29 is 24.3 Å². The van der Waals surface area contributed by atoms with Crippen molar-refractivity contribution in [3.05, 3.63) is 74.8 Å². The average molecular weight is 505 g/mol. The minimum atomic E-state index is -1.16. The van der Waals surface area contributed by atoms with Gasteiger partial charge in [0, 0.05) is 22.7 Å². The number of ether oxygens (including phenoxy) is 1. The van der Waals surface area contributed by atoms with Crippen molar-refractivity contribution in [3.8, 4) is 5.75 Å². The Balaban J connectivity index is 1.95. The van der Waals surface area contributed by atoms with Gasteiger partial charge in [-0.1, -0.05) is 39.3 Å². The highest BCUT2D eigenvalue weighted by Crippen LogP contribution is 2.33. The highest BCUT2D eigenvalue weighted by Gasteiger charge is 2.34. The number of nitrogens with zero attached hydrogens (tertiary/aromatic N) is 1. The van der Waals surface area contributed by atoms with E-state index in [1.165, 1.54) is 0 Å². The van der Waals surface area contributed by atoms with Gasteiger partial charge in [-0.3, -0.25) is 9.59 Å². The molecule has 35 heavy (non-hydrogen) atoms. The first-order valence-electron chi connectivity index (χ1n) is 11.3. The van der Waals surface area contributed by atoms with Crippen molar-refractivity contribution in [1.82, 2.24) is 5.32 Å². The van der Waals surface area contributed by atoms with E-state index in [2.05, 4.69) is 10.2 Å². The number of hydrogen-bond donors (Lipinski definition) is 1. The Morgan fingerprint density at radius 3 is 1.94 bits per heavy atom. The van der Waals surface area contributed by atoms with Crippen molar-refractivity contribution in [2.75, 3.05) is 13.2 Å². The molecule has 190 valence electrons. The molecule has 0 bridgehead atoms. The fraction of sp³-hybridized carbons (Fsp3) is 0.462. The summed E-state index contributed by atoms with van der Waals surface area (Å²) in [6.07, 6.45) is 0.596. The predicted molar refractivity (Wildman–Crippen MR) is 134 cm³/mol. The van der Waals surface area contributed by atoms with Gasteiger partial charge in [-0.25, -0.2) is 0 Å². The maximum absolute atomic E-state index is 12.9. The van der Waals surface area contributed by atoms with Crippen LogP contribution in [-0.2, 0) is 9.63 Å². The van der Waals surface area contributed by atoms with Gasteiger partial charge in [-0.15, -0.1) is 10.1 Å². The van der Waals surface area contributed by atoms with E-state index < -0.39 is 16.1 Å². The zero-order valence-electron chi connectivity index (χ0n) is 21.0. The SMILES string of the molecule is CC(C)(CNC(=O)C(C)(C)Oc1ccc(C(=O)c2ccc(Cl)cc2)cc1)CC(C)(C)CO[N+](=O)[O-]. The molecule has 0 aliphatic rings. The molecule has 0 aliphatic carbocycles. The second-order valence-corrected chi connectivity index (χ2v) is 11.1. The van der Waals surface area contributed by atoms with E-state index in [1.807, 2.05) is 27.7 Å². The van der Waals surface area contributed by atoms with E-state index in [-0.39, 0.29) is 23.7 Å². The molecule has 0 atom stereocenters. The maximum atomic E-state index is 12.9. The van der Waals surface area contributed by atoms with Gasteiger partial charge in [-0.2, -0.15) is 0 Å². The van der Waals surface area contributed by atoms with Crippen LogP contribution in [0, 0.1) is 20.9 Å². The van der Waals surface area contributed by atoms with Crippen LogP contribution in [-0.4, -0.2) is 35.5 Å². The minimum absolute atomic E-state index is 0.0253. The van der Waals surface area contributed by atoms with Crippen molar-refractivity contribution in [2.24, 2.45) is 10.8 Å². The van der Waals surface area contributed by atoms with Crippen LogP contribution in [0.4, 0.5) is 0 Å². The summed E-state index contributed by atoms with van der Waals surface area (Å²) in [4.78, 5) is 40.5. The summed E-state index contributed by atoms with van der Waals surface area (Å²) in [6, 6.07) is 13.3. The first-order chi connectivity index (χ1) is 16.1. The molecule has 0 radical (unpaired) electrons. The number of hydrogen-bond acceptors (Lipinski definition) is 6. The second kappa shape index (κ2) is 11.1. The number of ketones is 1. The van der Waals surface area contributed by atoms with Gasteiger partial charge in [0.15, 0.2) is 11.4 Å². The van der Waals surface area contributed by atoms with E-state index in [0.29, 0.717) is 34.9 Å². The molecule has 2 aromatic carbocycles. The molecular formula is C26H33ClN2O6. The Hall–Kier alpha value is -3.13. The molecule has 2 aromatic rings. The first-order valence-corrected chi connectivity index (χ1v) is 11.6. The molecule has 0 heterocycles. The normalized spacial score (nSPS) is 12.1. The molecular weight excluding hydrogens is 472 g/mol. The molecule has 0 saturated carbocycles. The van der Waals surface area contributed by atoms with Crippen LogP contribution in [0.3, 0.4) is 0 Å². The monoisotopic (exact) mass is 504 g/mol. The molecule has 0 saturated heterocycles. The van der Waals surface area contributed by atoms with Crippen molar-refractivity contribution in [2.45, 2.75) is 53.6 Å². The Bertz CT molecular complexity index is 1050. The summed E-state index contributed by atoms with van der Waals surface area (Å²) < 4.78 is 5.92. The van der Waals surface area contributed by atoms with Crippen LogP contribution in [0.15, 0.2) is 48.5 Å². The third-order valence-corrected chi connectivity index (χ3v) is 5.64. The number of amides is 1. The molecule has 0 aliphatic heterocycles. The Morgan fingerprint density at radius 1 is 0.914 bits per heavy atom. The highest BCUT2D eigenvalue weighted by molar-refractivity contribution is 6.30. The fourth-order valence-corrected chi connectivity index (χ4v) is 4.08. The van der Waals surface area contributed by atoms with Crippen LogP contribution < -0.4 is 10.1 Å². The number of halogens is 1.